The number of fused-ring (bicyclic) bond motifs is 1. The molecule has 0 spiro atoms. The SMILES string of the molecule is C=CCCC1CCC(C2CCC(c3ccc4cc(CC/C=C/C)ccc4c3F)CC2)CC1. The molecule has 2 aromatic rings. The van der Waals surface area contributed by atoms with E-state index in [1.807, 2.05) is 6.07 Å². The lowest BCUT2D eigenvalue weighted by Gasteiger charge is -2.38. The van der Waals surface area contributed by atoms with E-state index >= 15 is 4.39 Å². The molecule has 32 heavy (non-hydrogen) atoms. The van der Waals surface area contributed by atoms with Crippen LogP contribution in [0.2, 0.25) is 0 Å². The first-order chi connectivity index (χ1) is 15.7. The van der Waals surface area contributed by atoms with E-state index in [0.717, 1.165) is 59.8 Å². The van der Waals surface area contributed by atoms with Crippen LogP contribution in [0.3, 0.4) is 0 Å². The number of allylic oxidation sites excluding steroid dienone is 3. The van der Waals surface area contributed by atoms with Gasteiger partial charge in [0.25, 0.3) is 0 Å². The summed E-state index contributed by atoms with van der Waals surface area (Å²) in [5.74, 6) is 3.15. The Morgan fingerprint density at radius 1 is 0.906 bits per heavy atom. The smallest absolute Gasteiger partial charge is 0.134 e. The van der Waals surface area contributed by atoms with Gasteiger partial charge in [0.15, 0.2) is 0 Å². The minimum absolute atomic E-state index is 0.0358. The maximum absolute atomic E-state index is 15.5. The summed E-state index contributed by atoms with van der Waals surface area (Å²) in [4.78, 5) is 0. The fourth-order valence-corrected chi connectivity index (χ4v) is 6.45. The fraction of sp³-hybridized carbons (Fsp3) is 0.548. The van der Waals surface area contributed by atoms with Crippen molar-refractivity contribution in [2.45, 2.75) is 89.9 Å². The Morgan fingerprint density at radius 2 is 1.62 bits per heavy atom. The lowest BCUT2D eigenvalue weighted by Crippen LogP contribution is -2.25. The zero-order valence-corrected chi connectivity index (χ0v) is 20.0. The number of aryl methyl sites for hydroxylation is 1. The summed E-state index contributed by atoms with van der Waals surface area (Å²) in [6.45, 7) is 5.93. The summed E-state index contributed by atoms with van der Waals surface area (Å²) in [5, 5.41) is 1.85. The quantitative estimate of drug-likeness (QED) is 0.364. The average molecular weight is 433 g/mol. The Kier molecular flexibility index (Phi) is 8.22. The molecule has 0 radical (unpaired) electrons. The van der Waals surface area contributed by atoms with Crippen LogP contribution in [0.25, 0.3) is 10.8 Å². The highest BCUT2D eigenvalue weighted by Gasteiger charge is 2.32. The van der Waals surface area contributed by atoms with E-state index in [2.05, 4.69) is 56.0 Å². The van der Waals surface area contributed by atoms with Gasteiger partial charge in [0.2, 0.25) is 0 Å². The second kappa shape index (κ2) is 11.3. The molecule has 0 saturated heterocycles. The van der Waals surface area contributed by atoms with E-state index in [-0.39, 0.29) is 5.82 Å². The summed E-state index contributed by atoms with van der Waals surface area (Å²) < 4.78 is 15.5. The highest BCUT2D eigenvalue weighted by molar-refractivity contribution is 5.84. The monoisotopic (exact) mass is 432 g/mol. The van der Waals surface area contributed by atoms with Gasteiger partial charge in [-0.05, 0) is 111 Å². The Morgan fingerprint density at radius 3 is 2.31 bits per heavy atom. The van der Waals surface area contributed by atoms with Gasteiger partial charge in [-0.3, -0.25) is 0 Å². The Balaban J connectivity index is 1.35. The van der Waals surface area contributed by atoms with Crippen molar-refractivity contribution in [3.8, 4) is 0 Å². The first kappa shape index (κ1) is 23.3. The first-order valence-corrected chi connectivity index (χ1v) is 13.1. The Bertz CT molecular complexity index is 907. The lowest BCUT2D eigenvalue weighted by molar-refractivity contribution is 0.156. The van der Waals surface area contributed by atoms with Gasteiger partial charge in [-0.25, -0.2) is 4.39 Å². The molecule has 2 aromatic carbocycles. The van der Waals surface area contributed by atoms with Gasteiger partial charge in [0, 0.05) is 5.39 Å². The average Bonchev–Trinajstić information content (AvgIpc) is 2.84. The van der Waals surface area contributed by atoms with Crippen LogP contribution in [0.1, 0.15) is 94.6 Å². The van der Waals surface area contributed by atoms with Crippen molar-refractivity contribution in [1.29, 1.82) is 0 Å². The zero-order valence-electron chi connectivity index (χ0n) is 20.0. The largest absolute Gasteiger partial charge is 0.206 e. The topological polar surface area (TPSA) is 0 Å². The standard InChI is InChI=1S/C31H41F/c1-3-5-7-9-24-12-20-30-28(22-24)19-21-29(31(30)32)27-17-15-26(16-18-27)25-13-10-23(11-14-25)8-6-4-2/h3-5,12,19-23,25-27H,2,6-11,13-18H2,1H3/b5-3+. The normalized spacial score (nSPS) is 26.6. The number of hydrogen-bond donors (Lipinski definition) is 0. The minimum atomic E-state index is 0.0358. The summed E-state index contributed by atoms with van der Waals surface area (Å²) in [5.41, 5.74) is 2.26. The van der Waals surface area contributed by atoms with Crippen molar-refractivity contribution in [1.82, 2.24) is 0 Å². The molecule has 0 unspecified atom stereocenters. The van der Waals surface area contributed by atoms with Crippen LogP contribution in [0, 0.1) is 23.6 Å². The van der Waals surface area contributed by atoms with Gasteiger partial charge in [0.1, 0.15) is 5.82 Å². The second-order valence-corrected chi connectivity index (χ2v) is 10.4. The molecule has 1 heteroatoms. The van der Waals surface area contributed by atoms with Crippen molar-refractivity contribution in [2.24, 2.45) is 17.8 Å². The first-order valence-electron chi connectivity index (χ1n) is 13.1. The van der Waals surface area contributed by atoms with Crippen LogP contribution in [0.5, 0.6) is 0 Å². The third kappa shape index (κ3) is 5.53. The van der Waals surface area contributed by atoms with Crippen LogP contribution in [-0.4, -0.2) is 0 Å². The van der Waals surface area contributed by atoms with Crippen LogP contribution >= 0.6 is 0 Å². The molecule has 0 amide bonds. The van der Waals surface area contributed by atoms with Gasteiger partial charge in [-0.15, -0.1) is 6.58 Å². The molecule has 2 saturated carbocycles. The molecule has 0 nitrogen and oxygen atoms in total. The van der Waals surface area contributed by atoms with Crippen LogP contribution in [-0.2, 0) is 6.42 Å². The van der Waals surface area contributed by atoms with Gasteiger partial charge >= 0.3 is 0 Å². The number of benzene rings is 2. The van der Waals surface area contributed by atoms with Gasteiger partial charge in [-0.2, -0.15) is 0 Å². The van der Waals surface area contributed by atoms with Gasteiger partial charge in [0.05, 0.1) is 0 Å². The highest BCUT2D eigenvalue weighted by Crippen LogP contribution is 2.45. The second-order valence-electron chi connectivity index (χ2n) is 10.4. The van der Waals surface area contributed by atoms with E-state index in [1.54, 1.807) is 0 Å². The zero-order chi connectivity index (χ0) is 22.3. The molecule has 0 bridgehead atoms. The summed E-state index contributed by atoms with van der Waals surface area (Å²) in [7, 11) is 0. The molecule has 0 heterocycles. The molecule has 2 aliphatic carbocycles. The number of rotatable bonds is 8. The summed E-state index contributed by atoms with van der Waals surface area (Å²) in [6, 6.07) is 10.5. The van der Waals surface area contributed by atoms with E-state index < -0.39 is 0 Å². The van der Waals surface area contributed by atoms with Crippen LogP contribution < -0.4 is 0 Å². The van der Waals surface area contributed by atoms with Crippen molar-refractivity contribution in [3.05, 3.63) is 72.1 Å². The molecule has 2 aliphatic rings. The molecule has 0 aliphatic heterocycles. The van der Waals surface area contributed by atoms with E-state index in [0.29, 0.717) is 5.92 Å². The number of halogens is 1. The summed E-state index contributed by atoms with van der Waals surface area (Å²) >= 11 is 0. The number of hydrogen-bond acceptors (Lipinski definition) is 0. The Labute approximate surface area is 195 Å². The molecule has 2 fully saturated rings. The maximum Gasteiger partial charge on any atom is 0.134 e. The molecule has 0 atom stereocenters. The van der Waals surface area contributed by atoms with Crippen molar-refractivity contribution >= 4 is 10.8 Å². The maximum atomic E-state index is 15.5. The van der Waals surface area contributed by atoms with Gasteiger partial charge in [-0.1, -0.05) is 61.4 Å². The van der Waals surface area contributed by atoms with Gasteiger partial charge < -0.3 is 0 Å². The van der Waals surface area contributed by atoms with E-state index in [1.165, 1.54) is 56.9 Å². The molecular formula is C31H41F. The Hall–Kier alpha value is -1.89. The fourth-order valence-electron chi connectivity index (χ4n) is 6.45. The van der Waals surface area contributed by atoms with Crippen LogP contribution in [0.15, 0.2) is 55.1 Å². The highest BCUT2D eigenvalue weighted by atomic mass is 19.1. The predicted molar refractivity (Wildman–Crippen MR) is 137 cm³/mol. The molecule has 0 aromatic heterocycles. The third-order valence-electron chi connectivity index (χ3n) is 8.43. The summed E-state index contributed by atoms with van der Waals surface area (Å²) in [6.07, 6.45) is 21.5. The third-order valence-corrected chi connectivity index (χ3v) is 8.43. The molecule has 172 valence electrons. The molecular weight excluding hydrogens is 391 g/mol. The lowest BCUT2D eigenvalue weighted by atomic mass is 9.68. The minimum Gasteiger partial charge on any atom is -0.206 e. The predicted octanol–water partition coefficient (Wildman–Crippen LogP) is 9.53. The molecule has 0 N–H and O–H groups in total. The molecule has 4 rings (SSSR count). The van der Waals surface area contributed by atoms with Crippen molar-refractivity contribution < 1.29 is 4.39 Å². The van der Waals surface area contributed by atoms with Crippen molar-refractivity contribution in [2.75, 3.05) is 0 Å². The van der Waals surface area contributed by atoms with E-state index in [4.69, 9.17) is 0 Å². The van der Waals surface area contributed by atoms with E-state index in [9.17, 15) is 0 Å². The van der Waals surface area contributed by atoms with Crippen LogP contribution in [0.4, 0.5) is 4.39 Å². The van der Waals surface area contributed by atoms with Crippen molar-refractivity contribution in [3.63, 3.8) is 0 Å².